The SMILES string of the molecule is O=Cc1ccc(-c2ccccc2)c(N2CCN(C(c3ccccc3)c3ccccc3)CC2)c1. The van der Waals surface area contributed by atoms with Gasteiger partial charge in [0.2, 0.25) is 0 Å². The van der Waals surface area contributed by atoms with Crippen LogP contribution in [0, 0.1) is 0 Å². The van der Waals surface area contributed by atoms with Crippen molar-refractivity contribution in [1.29, 1.82) is 0 Å². The van der Waals surface area contributed by atoms with Gasteiger partial charge in [-0.15, -0.1) is 0 Å². The first-order valence-corrected chi connectivity index (χ1v) is 11.6. The highest BCUT2D eigenvalue weighted by Gasteiger charge is 2.27. The molecule has 0 aromatic heterocycles. The first-order valence-electron chi connectivity index (χ1n) is 11.6. The van der Waals surface area contributed by atoms with Gasteiger partial charge in [0.15, 0.2) is 0 Å². The minimum Gasteiger partial charge on any atom is -0.368 e. The molecule has 0 saturated carbocycles. The molecule has 3 heteroatoms. The van der Waals surface area contributed by atoms with Gasteiger partial charge in [0.25, 0.3) is 0 Å². The second-order valence-electron chi connectivity index (χ2n) is 8.51. The lowest BCUT2D eigenvalue weighted by atomic mass is 9.96. The molecule has 0 radical (unpaired) electrons. The van der Waals surface area contributed by atoms with Gasteiger partial charge in [-0.2, -0.15) is 0 Å². The van der Waals surface area contributed by atoms with Crippen molar-refractivity contribution in [2.45, 2.75) is 6.04 Å². The fourth-order valence-corrected chi connectivity index (χ4v) is 4.85. The van der Waals surface area contributed by atoms with Gasteiger partial charge in [-0.05, 0) is 22.8 Å². The third-order valence-corrected chi connectivity index (χ3v) is 6.49. The maximum absolute atomic E-state index is 11.5. The summed E-state index contributed by atoms with van der Waals surface area (Å²) in [4.78, 5) is 16.5. The molecule has 1 aliphatic heterocycles. The van der Waals surface area contributed by atoms with Crippen molar-refractivity contribution in [3.05, 3.63) is 126 Å². The van der Waals surface area contributed by atoms with Crippen LogP contribution in [0.3, 0.4) is 0 Å². The normalized spacial score (nSPS) is 14.4. The minimum absolute atomic E-state index is 0.240. The fourth-order valence-electron chi connectivity index (χ4n) is 4.85. The Labute approximate surface area is 195 Å². The van der Waals surface area contributed by atoms with Gasteiger partial charge in [-0.25, -0.2) is 0 Å². The second kappa shape index (κ2) is 9.85. The highest BCUT2D eigenvalue weighted by atomic mass is 16.1. The molecule has 4 aromatic rings. The van der Waals surface area contributed by atoms with Gasteiger partial charge in [-0.1, -0.05) is 103 Å². The highest BCUT2D eigenvalue weighted by molar-refractivity contribution is 5.85. The monoisotopic (exact) mass is 432 g/mol. The highest BCUT2D eigenvalue weighted by Crippen LogP contribution is 2.34. The molecule has 0 N–H and O–H groups in total. The molecule has 1 aliphatic rings. The molecule has 1 heterocycles. The van der Waals surface area contributed by atoms with E-state index >= 15 is 0 Å². The summed E-state index contributed by atoms with van der Waals surface area (Å²) in [5.74, 6) is 0. The van der Waals surface area contributed by atoms with Crippen LogP contribution in [0.5, 0.6) is 0 Å². The molecule has 33 heavy (non-hydrogen) atoms. The Morgan fingerprint density at radius 2 is 1.18 bits per heavy atom. The molecule has 4 aromatic carbocycles. The van der Waals surface area contributed by atoms with Crippen LogP contribution in [-0.2, 0) is 0 Å². The second-order valence-corrected chi connectivity index (χ2v) is 8.51. The Kier molecular flexibility index (Phi) is 6.32. The Balaban J connectivity index is 1.42. The molecular formula is C30H28N2O. The topological polar surface area (TPSA) is 23.6 Å². The smallest absolute Gasteiger partial charge is 0.150 e. The number of carbonyl (C=O) groups excluding carboxylic acids is 1. The first kappa shape index (κ1) is 21.2. The number of anilines is 1. The maximum Gasteiger partial charge on any atom is 0.150 e. The number of aldehydes is 1. The number of rotatable bonds is 6. The summed E-state index contributed by atoms with van der Waals surface area (Å²) in [6.07, 6.45) is 0.940. The third kappa shape index (κ3) is 4.59. The minimum atomic E-state index is 0.240. The molecule has 164 valence electrons. The molecule has 0 spiro atoms. The molecule has 1 fully saturated rings. The van der Waals surface area contributed by atoms with Crippen molar-refractivity contribution in [1.82, 2.24) is 4.90 Å². The molecule has 1 saturated heterocycles. The Bertz CT molecular complexity index is 1140. The lowest BCUT2D eigenvalue weighted by molar-refractivity contribution is 0.112. The van der Waals surface area contributed by atoms with Crippen molar-refractivity contribution in [3.63, 3.8) is 0 Å². The van der Waals surface area contributed by atoms with E-state index in [4.69, 9.17) is 0 Å². The number of benzene rings is 4. The third-order valence-electron chi connectivity index (χ3n) is 6.49. The number of nitrogens with zero attached hydrogens (tertiary/aromatic N) is 2. The van der Waals surface area contributed by atoms with Crippen LogP contribution >= 0.6 is 0 Å². The molecule has 0 bridgehead atoms. The van der Waals surface area contributed by atoms with E-state index in [1.54, 1.807) is 0 Å². The van der Waals surface area contributed by atoms with Gasteiger partial charge in [0, 0.05) is 43.0 Å². The summed E-state index contributed by atoms with van der Waals surface area (Å²) < 4.78 is 0. The predicted molar refractivity (Wildman–Crippen MR) is 136 cm³/mol. The predicted octanol–water partition coefficient (Wildman–Crippen LogP) is 6.08. The van der Waals surface area contributed by atoms with E-state index < -0.39 is 0 Å². The first-order chi connectivity index (χ1) is 16.3. The van der Waals surface area contributed by atoms with Crippen molar-refractivity contribution < 1.29 is 4.79 Å². The van der Waals surface area contributed by atoms with Crippen molar-refractivity contribution in [3.8, 4) is 11.1 Å². The molecule has 0 atom stereocenters. The van der Waals surface area contributed by atoms with Gasteiger partial charge >= 0.3 is 0 Å². The summed E-state index contributed by atoms with van der Waals surface area (Å²) in [5, 5.41) is 0. The van der Waals surface area contributed by atoms with Crippen LogP contribution in [0.2, 0.25) is 0 Å². The van der Waals surface area contributed by atoms with Crippen LogP contribution in [0.1, 0.15) is 27.5 Å². The van der Waals surface area contributed by atoms with Crippen LogP contribution in [0.25, 0.3) is 11.1 Å². The molecule has 0 aliphatic carbocycles. The van der Waals surface area contributed by atoms with E-state index in [1.807, 2.05) is 18.2 Å². The Hall–Kier alpha value is -3.69. The van der Waals surface area contributed by atoms with E-state index in [2.05, 4.69) is 101 Å². The molecule has 0 amide bonds. The van der Waals surface area contributed by atoms with E-state index in [0.29, 0.717) is 0 Å². The lowest BCUT2D eigenvalue weighted by Crippen LogP contribution is -2.48. The summed E-state index contributed by atoms with van der Waals surface area (Å²) in [5.41, 5.74) is 6.87. The van der Waals surface area contributed by atoms with Crippen molar-refractivity contribution in [2.24, 2.45) is 0 Å². The molecule has 5 rings (SSSR count). The van der Waals surface area contributed by atoms with Gasteiger partial charge < -0.3 is 4.90 Å². The van der Waals surface area contributed by atoms with Crippen LogP contribution in [0.4, 0.5) is 5.69 Å². The maximum atomic E-state index is 11.5. The van der Waals surface area contributed by atoms with Crippen LogP contribution < -0.4 is 4.90 Å². The average molecular weight is 433 g/mol. The van der Waals surface area contributed by atoms with Gasteiger partial charge in [0.1, 0.15) is 6.29 Å². The standard InChI is InChI=1S/C30H28N2O/c33-23-24-16-17-28(25-10-4-1-5-11-25)29(22-24)31-18-20-32(21-19-31)30(26-12-6-2-7-13-26)27-14-8-3-9-15-27/h1-17,22-23,30H,18-21H2. The number of carbonyl (C=O) groups is 1. The quantitative estimate of drug-likeness (QED) is 0.345. The zero-order valence-electron chi connectivity index (χ0n) is 18.7. The number of hydrogen-bond acceptors (Lipinski definition) is 3. The van der Waals surface area contributed by atoms with E-state index in [9.17, 15) is 4.79 Å². The zero-order valence-corrected chi connectivity index (χ0v) is 18.7. The number of piperazine rings is 1. The molecular weight excluding hydrogens is 404 g/mol. The average Bonchev–Trinajstić information content (AvgIpc) is 2.91. The van der Waals surface area contributed by atoms with Gasteiger partial charge in [0.05, 0.1) is 6.04 Å². The Morgan fingerprint density at radius 3 is 1.73 bits per heavy atom. The summed E-state index contributed by atoms with van der Waals surface area (Å²) in [7, 11) is 0. The van der Waals surface area contributed by atoms with Crippen molar-refractivity contribution in [2.75, 3.05) is 31.1 Å². The number of hydrogen-bond donors (Lipinski definition) is 0. The zero-order chi connectivity index (χ0) is 22.5. The summed E-state index contributed by atoms with van der Waals surface area (Å²) >= 11 is 0. The van der Waals surface area contributed by atoms with Crippen LogP contribution in [-0.4, -0.2) is 37.4 Å². The largest absolute Gasteiger partial charge is 0.368 e. The molecule has 3 nitrogen and oxygen atoms in total. The lowest BCUT2D eigenvalue weighted by Gasteiger charge is -2.41. The van der Waals surface area contributed by atoms with E-state index in [-0.39, 0.29) is 6.04 Å². The summed E-state index contributed by atoms with van der Waals surface area (Å²) in [6, 6.07) is 38.3. The fraction of sp³-hybridized carbons (Fsp3) is 0.167. The Morgan fingerprint density at radius 1 is 0.636 bits per heavy atom. The van der Waals surface area contributed by atoms with Crippen LogP contribution in [0.15, 0.2) is 109 Å². The molecule has 0 unspecified atom stereocenters. The van der Waals surface area contributed by atoms with Gasteiger partial charge in [-0.3, -0.25) is 9.69 Å². The van der Waals surface area contributed by atoms with Crippen molar-refractivity contribution >= 4 is 12.0 Å². The van der Waals surface area contributed by atoms with E-state index in [0.717, 1.165) is 43.7 Å². The summed E-state index contributed by atoms with van der Waals surface area (Å²) in [6.45, 7) is 3.73. The van der Waals surface area contributed by atoms with E-state index in [1.165, 1.54) is 22.3 Å².